The molecule has 1 saturated heterocycles. The van der Waals surface area contributed by atoms with Gasteiger partial charge in [0.2, 0.25) is 0 Å². The molecule has 1 aliphatic rings. The molecular weight excluding hydrogens is 310 g/mol. The Morgan fingerprint density at radius 1 is 1.26 bits per heavy atom. The van der Waals surface area contributed by atoms with Crippen LogP contribution in [0.15, 0.2) is 35.4 Å². The van der Waals surface area contributed by atoms with Gasteiger partial charge in [0.15, 0.2) is 9.84 Å². The van der Waals surface area contributed by atoms with Crippen molar-refractivity contribution in [3.63, 3.8) is 0 Å². The Balaban J connectivity index is 1.78. The summed E-state index contributed by atoms with van der Waals surface area (Å²) in [4.78, 5) is 7.47. The summed E-state index contributed by atoms with van der Waals surface area (Å²) in [7, 11) is -1.08. The largest absolute Gasteiger partial charge is 0.336 e. The number of aromatic nitrogens is 2. The van der Waals surface area contributed by atoms with Crippen molar-refractivity contribution in [2.24, 2.45) is 7.05 Å². The van der Waals surface area contributed by atoms with Gasteiger partial charge in [-0.3, -0.25) is 4.90 Å². The number of sulfone groups is 1. The highest BCUT2D eigenvalue weighted by Crippen LogP contribution is 2.32. The summed E-state index contributed by atoms with van der Waals surface area (Å²) in [5.41, 5.74) is 2.18. The molecule has 23 heavy (non-hydrogen) atoms. The zero-order valence-corrected chi connectivity index (χ0v) is 14.7. The predicted molar refractivity (Wildman–Crippen MR) is 89.9 cm³/mol. The molecule has 1 aromatic heterocycles. The zero-order valence-electron chi connectivity index (χ0n) is 13.9. The van der Waals surface area contributed by atoms with Gasteiger partial charge in [0.05, 0.1) is 16.6 Å². The van der Waals surface area contributed by atoms with Crippen molar-refractivity contribution in [1.29, 1.82) is 0 Å². The average Bonchev–Trinajstić information content (AvgIpc) is 3.04. The highest BCUT2D eigenvalue weighted by molar-refractivity contribution is 7.90. The van der Waals surface area contributed by atoms with Gasteiger partial charge < -0.3 is 4.57 Å². The van der Waals surface area contributed by atoms with E-state index in [1.165, 1.54) is 6.26 Å². The van der Waals surface area contributed by atoms with Crippen LogP contribution in [0.2, 0.25) is 0 Å². The van der Waals surface area contributed by atoms with Gasteiger partial charge in [-0.2, -0.15) is 0 Å². The highest BCUT2D eigenvalue weighted by atomic mass is 32.2. The first-order chi connectivity index (χ1) is 10.8. The summed E-state index contributed by atoms with van der Waals surface area (Å²) in [6.07, 6.45) is 5.58. The lowest BCUT2D eigenvalue weighted by atomic mass is 10.1. The Morgan fingerprint density at radius 2 is 1.96 bits per heavy atom. The van der Waals surface area contributed by atoms with Crippen molar-refractivity contribution in [3.8, 4) is 0 Å². The number of benzene rings is 1. The SMILES string of the molecule is Cc1cn(C)c([C@@H]2CCCN2Cc2ccc(S(C)(=O)=O)cc2)n1. The maximum absolute atomic E-state index is 11.5. The van der Waals surface area contributed by atoms with Gasteiger partial charge >= 0.3 is 0 Å². The lowest BCUT2D eigenvalue weighted by Crippen LogP contribution is -2.24. The van der Waals surface area contributed by atoms with Gasteiger partial charge in [-0.1, -0.05) is 12.1 Å². The molecule has 2 heterocycles. The van der Waals surface area contributed by atoms with Crippen LogP contribution in [0.4, 0.5) is 0 Å². The molecule has 6 heteroatoms. The van der Waals surface area contributed by atoms with Crippen LogP contribution in [-0.2, 0) is 23.4 Å². The van der Waals surface area contributed by atoms with Crippen LogP contribution < -0.4 is 0 Å². The van der Waals surface area contributed by atoms with Crippen LogP contribution >= 0.6 is 0 Å². The number of nitrogens with zero attached hydrogens (tertiary/aromatic N) is 3. The molecule has 124 valence electrons. The Kier molecular flexibility index (Phi) is 4.29. The second kappa shape index (κ2) is 6.09. The van der Waals surface area contributed by atoms with Crippen LogP contribution in [0.25, 0.3) is 0 Å². The van der Waals surface area contributed by atoms with Gasteiger partial charge in [0.25, 0.3) is 0 Å². The van der Waals surface area contributed by atoms with E-state index in [9.17, 15) is 8.42 Å². The van der Waals surface area contributed by atoms with E-state index in [0.717, 1.165) is 43.0 Å². The quantitative estimate of drug-likeness (QED) is 0.862. The van der Waals surface area contributed by atoms with Crippen molar-refractivity contribution >= 4 is 9.84 Å². The molecule has 5 nitrogen and oxygen atoms in total. The minimum Gasteiger partial charge on any atom is -0.336 e. The van der Waals surface area contributed by atoms with Gasteiger partial charge in [0, 0.05) is 26.0 Å². The Labute approximate surface area is 137 Å². The monoisotopic (exact) mass is 333 g/mol. The smallest absolute Gasteiger partial charge is 0.175 e. The molecule has 0 aliphatic carbocycles. The minimum atomic E-state index is -3.13. The lowest BCUT2D eigenvalue weighted by Gasteiger charge is -2.24. The first-order valence-electron chi connectivity index (χ1n) is 7.87. The minimum absolute atomic E-state index is 0.336. The lowest BCUT2D eigenvalue weighted by molar-refractivity contribution is 0.236. The maximum Gasteiger partial charge on any atom is 0.175 e. The zero-order chi connectivity index (χ0) is 16.6. The summed E-state index contributed by atoms with van der Waals surface area (Å²) in [6.45, 7) is 3.89. The van der Waals surface area contributed by atoms with Crippen LogP contribution in [0.5, 0.6) is 0 Å². The van der Waals surface area contributed by atoms with Gasteiger partial charge in [-0.05, 0) is 44.0 Å². The molecule has 1 aromatic carbocycles. The number of hydrogen-bond donors (Lipinski definition) is 0. The van der Waals surface area contributed by atoms with Crippen molar-refractivity contribution in [1.82, 2.24) is 14.5 Å². The number of aryl methyl sites for hydroxylation is 2. The Bertz CT molecular complexity index is 794. The van der Waals surface area contributed by atoms with Crippen LogP contribution in [0.3, 0.4) is 0 Å². The molecule has 0 N–H and O–H groups in total. The number of rotatable bonds is 4. The average molecular weight is 333 g/mol. The fourth-order valence-corrected chi connectivity index (χ4v) is 3.96. The number of likely N-dealkylation sites (tertiary alicyclic amines) is 1. The van der Waals surface area contributed by atoms with Gasteiger partial charge in [0.1, 0.15) is 5.82 Å². The predicted octanol–water partition coefficient (Wildman–Crippen LogP) is 2.47. The van der Waals surface area contributed by atoms with Crippen LogP contribution in [0, 0.1) is 6.92 Å². The molecule has 2 aromatic rings. The van der Waals surface area contributed by atoms with Crippen molar-refractivity contribution in [2.45, 2.75) is 37.2 Å². The third-order valence-corrected chi connectivity index (χ3v) is 5.56. The Morgan fingerprint density at radius 3 is 2.52 bits per heavy atom. The molecule has 1 atom stereocenters. The van der Waals surface area contributed by atoms with E-state index in [1.54, 1.807) is 12.1 Å². The number of imidazole rings is 1. The second-order valence-electron chi connectivity index (χ2n) is 6.40. The van der Waals surface area contributed by atoms with E-state index >= 15 is 0 Å². The summed E-state index contributed by atoms with van der Waals surface area (Å²) in [6, 6.07) is 7.55. The molecule has 0 bridgehead atoms. The van der Waals surface area contributed by atoms with E-state index in [2.05, 4.69) is 20.6 Å². The molecular formula is C17H23N3O2S. The summed E-state index contributed by atoms with van der Waals surface area (Å²) in [5, 5.41) is 0. The van der Waals surface area contributed by atoms with Crippen LogP contribution in [0.1, 0.15) is 36.0 Å². The normalized spacial score (nSPS) is 19.3. The molecule has 0 amide bonds. The van der Waals surface area contributed by atoms with Crippen molar-refractivity contribution < 1.29 is 8.42 Å². The molecule has 0 unspecified atom stereocenters. The molecule has 0 radical (unpaired) electrons. The number of hydrogen-bond acceptors (Lipinski definition) is 4. The second-order valence-corrected chi connectivity index (χ2v) is 8.41. The van der Waals surface area contributed by atoms with Crippen molar-refractivity contribution in [2.75, 3.05) is 12.8 Å². The third-order valence-electron chi connectivity index (χ3n) is 4.43. The molecule has 1 aliphatic heterocycles. The van der Waals surface area contributed by atoms with E-state index in [1.807, 2.05) is 26.1 Å². The highest BCUT2D eigenvalue weighted by Gasteiger charge is 2.29. The third kappa shape index (κ3) is 3.48. The van der Waals surface area contributed by atoms with Gasteiger partial charge in [-0.25, -0.2) is 13.4 Å². The topological polar surface area (TPSA) is 55.2 Å². The summed E-state index contributed by atoms with van der Waals surface area (Å²) < 4.78 is 25.2. The Hall–Kier alpha value is -1.66. The first kappa shape index (κ1) is 16.2. The molecule has 0 spiro atoms. The fourth-order valence-electron chi connectivity index (χ4n) is 3.33. The van der Waals surface area contributed by atoms with E-state index in [-0.39, 0.29) is 0 Å². The fraction of sp³-hybridized carbons (Fsp3) is 0.471. The summed E-state index contributed by atoms with van der Waals surface area (Å²) >= 11 is 0. The molecule has 3 rings (SSSR count). The van der Waals surface area contributed by atoms with Crippen LogP contribution in [-0.4, -0.2) is 35.7 Å². The van der Waals surface area contributed by atoms with Crippen molar-refractivity contribution in [3.05, 3.63) is 47.5 Å². The van der Waals surface area contributed by atoms with E-state index < -0.39 is 9.84 Å². The van der Waals surface area contributed by atoms with E-state index in [4.69, 9.17) is 0 Å². The van der Waals surface area contributed by atoms with Gasteiger partial charge in [-0.15, -0.1) is 0 Å². The molecule has 1 fully saturated rings. The molecule has 0 saturated carbocycles. The van der Waals surface area contributed by atoms with E-state index in [0.29, 0.717) is 10.9 Å². The maximum atomic E-state index is 11.5. The summed E-state index contributed by atoms with van der Waals surface area (Å²) in [5.74, 6) is 1.12. The standard InChI is InChI=1S/C17H23N3O2S/c1-13-11-19(2)17(18-13)16-5-4-10-20(16)12-14-6-8-15(9-7-14)23(3,21)22/h6-9,11,16H,4-5,10,12H2,1-3H3/t16-/m0/s1. The first-order valence-corrected chi connectivity index (χ1v) is 9.76.